The molecule has 0 aromatic carbocycles. The van der Waals surface area contributed by atoms with Crippen molar-refractivity contribution in [1.82, 2.24) is 0 Å². The SMILES string of the molecule is COC1CCCCC(C)C1. The van der Waals surface area contributed by atoms with Crippen LogP contribution in [0.2, 0.25) is 0 Å². The van der Waals surface area contributed by atoms with E-state index >= 15 is 0 Å². The van der Waals surface area contributed by atoms with E-state index in [0.29, 0.717) is 6.10 Å². The van der Waals surface area contributed by atoms with Gasteiger partial charge in [0.2, 0.25) is 0 Å². The predicted octanol–water partition coefficient (Wildman–Crippen LogP) is 2.60. The van der Waals surface area contributed by atoms with Gasteiger partial charge in [0.15, 0.2) is 0 Å². The topological polar surface area (TPSA) is 9.23 Å². The largest absolute Gasteiger partial charge is 0.381 e. The number of methoxy groups -OCH3 is 1. The first-order valence-corrected chi connectivity index (χ1v) is 4.35. The molecule has 0 aromatic rings. The molecule has 0 aromatic heterocycles. The molecule has 1 heteroatoms. The molecular formula is C9H18O. The number of rotatable bonds is 1. The van der Waals surface area contributed by atoms with Crippen molar-refractivity contribution in [2.24, 2.45) is 5.92 Å². The minimum atomic E-state index is 0.553. The van der Waals surface area contributed by atoms with Gasteiger partial charge in [0.25, 0.3) is 0 Å². The zero-order valence-corrected chi connectivity index (χ0v) is 7.10. The van der Waals surface area contributed by atoms with Gasteiger partial charge in [-0.1, -0.05) is 26.2 Å². The third-order valence-electron chi connectivity index (χ3n) is 2.47. The zero-order valence-electron chi connectivity index (χ0n) is 7.10. The standard InChI is InChI=1S/C9H18O/c1-8-5-3-4-6-9(7-8)10-2/h8-9H,3-7H2,1-2H3. The van der Waals surface area contributed by atoms with Gasteiger partial charge in [-0.25, -0.2) is 0 Å². The van der Waals surface area contributed by atoms with E-state index in [4.69, 9.17) is 4.74 Å². The van der Waals surface area contributed by atoms with Crippen LogP contribution in [0.25, 0.3) is 0 Å². The Morgan fingerprint density at radius 1 is 1.20 bits per heavy atom. The van der Waals surface area contributed by atoms with E-state index in [9.17, 15) is 0 Å². The monoisotopic (exact) mass is 142 g/mol. The molecule has 60 valence electrons. The Kier molecular flexibility index (Phi) is 3.20. The Hall–Kier alpha value is -0.0400. The Bertz CT molecular complexity index is 90.7. The van der Waals surface area contributed by atoms with Gasteiger partial charge in [-0.3, -0.25) is 0 Å². The number of hydrogen-bond donors (Lipinski definition) is 0. The smallest absolute Gasteiger partial charge is 0.0573 e. The van der Waals surface area contributed by atoms with Gasteiger partial charge in [0.1, 0.15) is 0 Å². The minimum absolute atomic E-state index is 0.553. The second-order valence-electron chi connectivity index (χ2n) is 3.48. The van der Waals surface area contributed by atoms with Gasteiger partial charge in [-0.2, -0.15) is 0 Å². The summed E-state index contributed by atoms with van der Waals surface area (Å²) in [6.07, 6.45) is 7.28. The molecule has 2 atom stereocenters. The van der Waals surface area contributed by atoms with Crippen molar-refractivity contribution < 1.29 is 4.74 Å². The third-order valence-corrected chi connectivity index (χ3v) is 2.47. The normalized spacial score (nSPS) is 35.4. The van der Waals surface area contributed by atoms with Crippen molar-refractivity contribution in [3.63, 3.8) is 0 Å². The molecule has 0 aliphatic heterocycles. The van der Waals surface area contributed by atoms with E-state index in [-0.39, 0.29) is 0 Å². The van der Waals surface area contributed by atoms with Crippen molar-refractivity contribution in [2.75, 3.05) is 7.11 Å². The molecule has 0 radical (unpaired) electrons. The summed E-state index contributed by atoms with van der Waals surface area (Å²) >= 11 is 0. The van der Waals surface area contributed by atoms with Crippen LogP contribution in [0.4, 0.5) is 0 Å². The molecule has 0 saturated heterocycles. The first-order chi connectivity index (χ1) is 4.83. The Morgan fingerprint density at radius 3 is 2.60 bits per heavy atom. The van der Waals surface area contributed by atoms with E-state index in [1.165, 1.54) is 32.1 Å². The fraction of sp³-hybridized carbons (Fsp3) is 1.00. The summed E-state index contributed by atoms with van der Waals surface area (Å²) in [7, 11) is 1.84. The van der Waals surface area contributed by atoms with Crippen LogP contribution < -0.4 is 0 Å². The molecule has 0 heterocycles. The quantitative estimate of drug-likeness (QED) is 0.511. The van der Waals surface area contributed by atoms with E-state index < -0.39 is 0 Å². The second-order valence-corrected chi connectivity index (χ2v) is 3.48. The maximum absolute atomic E-state index is 5.34. The van der Waals surface area contributed by atoms with Crippen molar-refractivity contribution in [2.45, 2.75) is 45.1 Å². The van der Waals surface area contributed by atoms with Gasteiger partial charge < -0.3 is 4.74 Å². The van der Waals surface area contributed by atoms with Crippen LogP contribution in [-0.2, 0) is 4.74 Å². The Morgan fingerprint density at radius 2 is 1.90 bits per heavy atom. The first kappa shape index (κ1) is 8.06. The summed E-state index contributed by atoms with van der Waals surface area (Å²) < 4.78 is 5.34. The highest BCUT2D eigenvalue weighted by molar-refractivity contribution is 4.67. The summed E-state index contributed by atoms with van der Waals surface area (Å²) in [6.45, 7) is 2.33. The number of ether oxygens (including phenoxy) is 1. The van der Waals surface area contributed by atoms with Crippen LogP contribution in [0.5, 0.6) is 0 Å². The summed E-state index contributed by atoms with van der Waals surface area (Å²) in [6, 6.07) is 0. The van der Waals surface area contributed by atoms with Crippen molar-refractivity contribution in [1.29, 1.82) is 0 Å². The maximum Gasteiger partial charge on any atom is 0.0573 e. The van der Waals surface area contributed by atoms with Crippen LogP contribution >= 0.6 is 0 Å². The lowest BCUT2D eigenvalue weighted by Crippen LogP contribution is -2.11. The van der Waals surface area contributed by atoms with Crippen LogP contribution in [0.15, 0.2) is 0 Å². The van der Waals surface area contributed by atoms with Gasteiger partial charge >= 0.3 is 0 Å². The molecule has 0 bridgehead atoms. The molecule has 0 spiro atoms. The van der Waals surface area contributed by atoms with Crippen molar-refractivity contribution >= 4 is 0 Å². The Balaban J connectivity index is 2.30. The Labute approximate surface area is 63.8 Å². The van der Waals surface area contributed by atoms with E-state index in [0.717, 1.165) is 5.92 Å². The van der Waals surface area contributed by atoms with E-state index in [1.807, 2.05) is 7.11 Å². The van der Waals surface area contributed by atoms with E-state index in [1.54, 1.807) is 0 Å². The fourth-order valence-corrected chi connectivity index (χ4v) is 1.76. The molecule has 1 rings (SSSR count). The molecule has 1 fully saturated rings. The highest BCUT2D eigenvalue weighted by Crippen LogP contribution is 2.23. The summed E-state index contributed by atoms with van der Waals surface area (Å²) in [5.41, 5.74) is 0. The molecule has 1 aliphatic carbocycles. The molecule has 10 heavy (non-hydrogen) atoms. The lowest BCUT2D eigenvalue weighted by molar-refractivity contribution is 0.0811. The highest BCUT2D eigenvalue weighted by atomic mass is 16.5. The predicted molar refractivity (Wildman–Crippen MR) is 43.0 cm³/mol. The molecule has 0 N–H and O–H groups in total. The first-order valence-electron chi connectivity index (χ1n) is 4.35. The average molecular weight is 142 g/mol. The van der Waals surface area contributed by atoms with E-state index in [2.05, 4.69) is 6.92 Å². The fourth-order valence-electron chi connectivity index (χ4n) is 1.76. The van der Waals surface area contributed by atoms with Crippen LogP contribution in [-0.4, -0.2) is 13.2 Å². The molecular weight excluding hydrogens is 124 g/mol. The van der Waals surface area contributed by atoms with Crippen LogP contribution in [0.1, 0.15) is 39.0 Å². The minimum Gasteiger partial charge on any atom is -0.381 e. The zero-order chi connectivity index (χ0) is 7.40. The van der Waals surface area contributed by atoms with Gasteiger partial charge in [0.05, 0.1) is 6.10 Å². The van der Waals surface area contributed by atoms with Crippen molar-refractivity contribution in [3.05, 3.63) is 0 Å². The molecule has 1 aliphatic rings. The summed E-state index contributed by atoms with van der Waals surface area (Å²) in [5.74, 6) is 0.882. The molecule has 0 amide bonds. The van der Waals surface area contributed by atoms with Gasteiger partial charge in [-0.15, -0.1) is 0 Å². The number of hydrogen-bond acceptors (Lipinski definition) is 1. The highest BCUT2D eigenvalue weighted by Gasteiger charge is 2.15. The average Bonchev–Trinajstić information content (AvgIpc) is 2.13. The summed E-state index contributed by atoms with van der Waals surface area (Å²) in [4.78, 5) is 0. The molecule has 1 nitrogen and oxygen atoms in total. The second kappa shape index (κ2) is 3.97. The molecule has 1 saturated carbocycles. The van der Waals surface area contributed by atoms with Crippen molar-refractivity contribution in [3.8, 4) is 0 Å². The van der Waals surface area contributed by atoms with Crippen LogP contribution in [0.3, 0.4) is 0 Å². The van der Waals surface area contributed by atoms with Crippen LogP contribution in [0, 0.1) is 5.92 Å². The summed E-state index contributed by atoms with van der Waals surface area (Å²) in [5, 5.41) is 0. The van der Waals surface area contributed by atoms with Gasteiger partial charge in [0, 0.05) is 7.11 Å². The maximum atomic E-state index is 5.34. The van der Waals surface area contributed by atoms with Gasteiger partial charge in [-0.05, 0) is 18.8 Å². The lowest BCUT2D eigenvalue weighted by Gasteiger charge is -2.14. The molecule has 2 unspecified atom stereocenters. The lowest BCUT2D eigenvalue weighted by atomic mass is 10.0. The third kappa shape index (κ3) is 2.30.